The van der Waals surface area contributed by atoms with Crippen LogP contribution in [0.15, 0.2) is 65.5 Å². The van der Waals surface area contributed by atoms with Crippen molar-refractivity contribution in [1.29, 1.82) is 0 Å². The fourth-order valence-electron chi connectivity index (χ4n) is 3.53. The molecule has 0 atom stereocenters. The Labute approximate surface area is 191 Å². The van der Waals surface area contributed by atoms with Crippen molar-refractivity contribution in [3.8, 4) is 39.9 Å². The molecule has 0 spiro atoms. The molecule has 0 aliphatic carbocycles. The topological polar surface area (TPSA) is 71.8 Å². The monoisotopic (exact) mass is 472 g/mol. The van der Waals surface area contributed by atoms with Crippen LogP contribution < -0.4 is 24.5 Å². The number of hydrogen-bond acceptors (Lipinski definition) is 6. The molecule has 0 amide bonds. The Hall–Kier alpha value is -4.21. The van der Waals surface area contributed by atoms with Gasteiger partial charge in [-0.3, -0.25) is 9.36 Å². The van der Waals surface area contributed by atoms with Crippen molar-refractivity contribution in [3.05, 3.63) is 71.0 Å². The lowest BCUT2D eigenvalue weighted by atomic mass is 10.0. The lowest BCUT2D eigenvalue weighted by Gasteiger charge is -2.15. The smallest absolute Gasteiger partial charge is 0.493 e. The Kier molecular flexibility index (Phi) is 6.06. The van der Waals surface area contributed by atoms with Crippen molar-refractivity contribution in [2.24, 2.45) is 0 Å². The van der Waals surface area contributed by atoms with Gasteiger partial charge < -0.3 is 18.9 Å². The standard InChI is InChI=1S/C24H19F3N2O5/c1-31-19-10-4-14(13-20(19)32-2)18-12-15-5-11-21(33-3)28-22(15)29(23(18)30)16-6-8-17(9-7-16)34-24(25,26)27/h4-13H,1-3H3. The van der Waals surface area contributed by atoms with Crippen molar-refractivity contribution in [2.75, 3.05) is 21.3 Å². The van der Waals surface area contributed by atoms with Gasteiger partial charge in [0.15, 0.2) is 17.1 Å². The van der Waals surface area contributed by atoms with Gasteiger partial charge in [0.05, 0.1) is 27.0 Å². The second-order valence-corrected chi connectivity index (χ2v) is 7.08. The molecule has 2 aromatic heterocycles. The van der Waals surface area contributed by atoms with Crippen molar-refractivity contribution in [3.63, 3.8) is 0 Å². The lowest BCUT2D eigenvalue weighted by molar-refractivity contribution is -0.274. The Morgan fingerprint density at radius 1 is 0.824 bits per heavy atom. The van der Waals surface area contributed by atoms with Gasteiger partial charge in [-0.2, -0.15) is 4.98 Å². The van der Waals surface area contributed by atoms with E-state index in [9.17, 15) is 18.0 Å². The van der Waals surface area contributed by atoms with Crippen LogP contribution in [0.5, 0.6) is 23.1 Å². The van der Waals surface area contributed by atoms with Crippen molar-refractivity contribution >= 4 is 11.0 Å². The molecule has 0 aliphatic heterocycles. The number of rotatable bonds is 6. The molecule has 0 fully saturated rings. The van der Waals surface area contributed by atoms with E-state index < -0.39 is 17.7 Å². The summed E-state index contributed by atoms with van der Waals surface area (Å²) >= 11 is 0. The van der Waals surface area contributed by atoms with Gasteiger partial charge in [-0.05, 0) is 54.1 Å². The molecule has 0 saturated heterocycles. The molecule has 2 aromatic carbocycles. The predicted molar refractivity (Wildman–Crippen MR) is 119 cm³/mol. The summed E-state index contributed by atoms with van der Waals surface area (Å²) in [4.78, 5) is 18.0. The molecule has 0 aliphatic rings. The van der Waals surface area contributed by atoms with Gasteiger partial charge >= 0.3 is 6.36 Å². The number of hydrogen-bond donors (Lipinski definition) is 0. The molecule has 0 unspecified atom stereocenters. The van der Waals surface area contributed by atoms with Crippen LogP contribution in [0.1, 0.15) is 0 Å². The van der Waals surface area contributed by atoms with Crippen molar-refractivity contribution < 1.29 is 32.1 Å². The highest BCUT2D eigenvalue weighted by Crippen LogP contribution is 2.33. The molecule has 4 aromatic rings. The summed E-state index contributed by atoms with van der Waals surface area (Å²) in [7, 11) is 4.44. The molecular formula is C24H19F3N2O5. The van der Waals surface area contributed by atoms with Gasteiger partial charge in [0.2, 0.25) is 5.88 Å². The molecular weight excluding hydrogens is 453 g/mol. The van der Waals surface area contributed by atoms with E-state index in [2.05, 4.69) is 9.72 Å². The maximum absolute atomic E-state index is 13.7. The van der Waals surface area contributed by atoms with E-state index in [4.69, 9.17) is 14.2 Å². The maximum Gasteiger partial charge on any atom is 0.573 e. The minimum atomic E-state index is -4.83. The predicted octanol–water partition coefficient (Wildman–Crippen LogP) is 4.98. The van der Waals surface area contributed by atoms with Crippen LogP contribution in [0.4, 0.5) is 13.2 Å². The van der Waals surface area contributed by atoms with E-state index in [-0.39, 0.29) is 11.5 Å². The van der Waals surface area contributed by atoms with Gasteiger partial charge in [-0.15, -0.1) is 13.2 Å². The summed E-state index contributed by atoms with van der Waals surface area (Å²) in [5.74, 6) is 0.804. The number of halogens is 3. The first kappa shape index (κ1) is 23.0. The summed E-state index contributed by atoms with van der Waals surface area (Å²) in [6.45, 7) is 0. The third-order valence-electron chi connectivity index (χ3n) is 5.06. The number of benzene rings is 2. The van der Waals surface area contributed by atoms with Crippen molar-refractivity contribution in [1.82, 2.24) is 9.55 Å². The number of methoxy groups -OCH3 is 3. The third-order valence-corrected chi connectivity index (χ3v) is 5.06. The normalized spacial score (nSPS) is 11.4. The first-order valence-corrected chi connectivity index (χ1v) is 9.93. The van der Waals surface area contributed by atoms with E-state index in [1.54, 1.807) is 36.4 Å². The number of pyridine rings is 2. The van der Waals surface area contributed by atoms with Gasteiger partial charge in [-0.1, -0.05) is 6.07 Å². The summed E-state index contributed by atoms with van der Waals surface area (Å²) < 4.78 is 58.7. The first-order valence-electron chi connectivity index (χ1n) is 9.93. The zero-order valence-corrected chi connectivity index (χ0v) is 18.3. The second kappa shape index (κ2) is 8.97. The zero-order valence-electron chi connectivity index (χ0n) is 18.3. The minimum absolute atomic E-state index is 0.275. The van der Waals surface area contributed by atoms with Gasteiger partial charge in [0.1, 0.15) is 5.75 Å². The highest BCUT2D eigenvalue weighted by Gasteiger charge is 2.31. The van der Waals surface area contributed by atoms with Crippen LogP contribution in [0.25, 0.3) is 27.8 Å². The summed E-state index contributed by atoms with van der Waals surface area (Å²) in [5, 5.41) is 0.612. The third kappa shape index (κ3) is 4.47. The summed E-state index contributed by atoms with van der Waals surface area (Å²) in [5.41, 5.74) is 1.03. The van der Waals surface area contributed by atoms with E-state index in [1.165, 1.54) is 38.0 Å². The molecule has 0 radical (unpaired) electrons. The van der Waals surface area contributed by atoms with E-state index in [0.717, 1.165) is 12.1 Å². The Bertz CT molecular complexity index is 1400. The average molecular weight is 472 g/mol. The number of ether oxygens (including phenoxy) is 4. The van der Waals surface area contributed by atoms with Crippen LogP contribution in [-0.2, 0) is 0 Å². The lowest BCUT2D eigenvalue weighted by Crippen LogP contribution is -2.21. The van der Waals surface area contributed by atoms with E-state index in [0.29, 0.717) is 33.7 Å². The van der Waals surface area contributed by atoms with Crippen LogP contribution in [0, 0.1) is 0 Å². The number of alkyl halides is 3. The molecule has 176 valence electrons. The maximum atomic E-state index is 13.7. The number of nitrogens with zero attached hydrogens (tertiary/aromatic N) is 2. The Morgan fingerprint density at radius 2 is 1.53 bits per heavy atom. The Morgan fingerprint density at radius 3 is 2.15 bits per heavy atom. The van der Waals surface area contributed by atoms with E-state index >= 15 is 0 Å². The minimum Gasteiger partial charge on any atom is -0.493 e. The summed E-state index contributed by atoms with van der Waals surface area (Å²) in [6, 6.07) is 15.1. The number of fused-ring (bicyclic) bond motifs is 1. The van der Waals surface area contributed by atoms with Gasteiger partial charge in [0, 0.05) is 17.0 Å². The SMILES string of the molecule is COc1ccc2cc(-c3ccc(OC)c(OC)c3)c(=O)n(-c3ccc(OC(F)(F)F)cc3)c2n1. The molecule has 0 bridgehead atoms. The van der Waals surface area contributed by atoms with Crippen LogP contribution >= 0.6 is 0 Å². The van der Waals surface area contributed by atoms with E-state index in [1.807, 2.05) is 0 Å². The van der Waals surface area contributed by atoms with Crippen molar-refractivity contribution in [2.45, 2.75) is 6.36 Å². The van der Waals surface area contributed by atoms with Crippen LogP contribution in [-0.4, -0.2) is 37.2 Å². The Balaban J connectivity index is 1.95. The fraction of sp³-hybridized carbons (Fsp3) is 0.167. The molecule has 34 heavy (non-hydrogen) atoms. The quantitative estimate of drug-likeness (QED) is 0.394. The summed E-state index contributed by atoms with van der Waals surface area (Å²) in [6.07, 6.45) is -4.83. The van der Waals surface area contributed by atoms with Crippen LogP contribution in [0.3, 0.4) is 0 Å². The highest BCUT2D eigenvalue weighted by atomic mass is 19.4. The van der Waals surface area contributed by atoms with Gasteiger partial charge in [-0.25, -0.2) is 0 Å². The molecule has 2 heterocycles. The molecule has 10 heteroatoms. The average Bonchev–Trinajstić information content (AvgIpc) is 2.82. The molecule has 0 saturated carbocycles. The highest BCUT2D eigenvalue weighted by molar-refractivity contribution is 5.84. The molecule has 4 rings (SSSR count). The fourth-order valence-corrected chi connectivity index (χ4v) is 3.53. The zero-order chi connectivity index (χ0) is 24.5. The van der Waals surface area contributed by atoms with Crippen LogP contribution in [0.2, 0.25) is 0 Å². The first-order chi connectivity index (χ1) is 16.2. The number of aromatic nitrogens is 2. The second-order valence-electron chi connectivity index (χ2n) is 7.08. The van der Waals surface area contributed by atoms with Gasteiger partial charge in [0.25, 0.3) is 5.56 Å². The largest absolute Gasteiger partial charge is 0.573 e. The molecule has 0 N–H and O–H groups in total. The molecule has 7 nitrogen and oxygen atoms in total.